The van der Waals surface area contributed by atoms with Crippen molar-refractivity contribution in [2.75, 3.05) is 17.7 Å². The summed E-state index contributed by atoms with van der Waals surface area (Å²) < 4.78 is 7.22. The van der Waals surface area contributed by atoms with Crippen molar-refractivity contribution >= 4 is 23.1 Å². The molecule has 1 N–H and O–H groups in total. The number of ether oxygens (including phenoxy) is 1. The second-order valence-electron chi connectivity index (χ2n) is 4.47. The van der Waals surface area contributed by atoms with Crippen molar-refractivity contribution < 1.29 is 4.74 Å². The van der Waals surface area contributed by atoms with Crippen LogP contribution < -0.4 is 15.6 Å². The Morgan fingerprint density at radius 2 is 2.24 bits per heavy atom. The molecule has 108 valence electrons. The van der Waals surface area contributed by atoms with Crippen LogP contribution in [0.25, 0.3) is 0 Å². The molecule has 0 atom stereocenters. The first kappa shape index (κ1) is 13.8. The lowest BCUT2D eigenvalue weighted by Gasteiger charge is -2.13. The van der Waals surface area contributed by atoms with E-state index in [4.69, 9.17) is 4.74 Å². The minimum Gasteiger partial charge on any atom is -0.472 e. The third kappa shape index (κ3) is 2.80. The van der Waals surface area contributed by atoms with Crippen LogP contribution in [0.4, 0.5) is 11.4 Å². The normalized spacial score (nSPS) is 12.8. The molecule has 5 nitrogen and oxygen atoms in total. The zero-order valence-corrected chi connectivity index (χ0v) is 12.2. The fourth-order valence-electron chi connectivity index (χ4n) is 2.07. The van der Waals surface area contributed by atoms with Gasteiger partial charge in [0.1, 0.15) is 6.61 Å². The molecule has 0 saturated carbocycles. The number of benzene rings is 1. The van der Waals surface area contributed by atoms with Gasteiger partial charge in [0.15, 0.2) is 10.8 Å². The van der Waals surface area contributed by atoms with Crippen molar-refractivity contribution in [3.8, 4) is 5.88 Å². The summed E-state index contributed by atoms with van der Waals surface area (Å²) in [6.07, 6.45) is 1.63. The van der Waals surface area contributed by atoms with E-state index in [2.05, 4.69) is 16.9 Å². The van der Waals surface area contributed by atoms with Crippen LogP contribution in [0.5, 0.6) is 5.88 Å². The van der Waals surface area contributed by atoms with Gasteiger partial charge < -0.3 is 10.1 Å². The van der Waals surface area contributed by atoms with Crippen molar-refractivity contribution in [3.05, 3.63) is 53.3 Å². The monoisotopic (exact) mass is 301 g/mol. The lowest BCUT2D eigenvalue weighted by molar-refractivity contribution is 0.343. The minimum atomic E-state index is -0.104. The van der Waals surface area contributed by atoms with Crippen molar-refractivity contribution in [1.29, 1.82) is 0 Å². The summed E-state index contributed by atoms with van der Waals surface area (Å²) in [5, 5.41) is 3.82. The van der Waals surface area contributed by atoms with Crippen LogP contribution in [0.15, 0.2) is 52.9 Å². The molecule has 2 heterocycles. The van der Waals surface area contributed by atoms with Crippen molar-refractivity contribution in [2.24, 2.45) is 0 Å². The van der Waals surface area contributed by atoms with E-state index >= 15 is 0 Å². The zero-order chi connectivity index (χ0) is 14.7. The van der Waals surface area contributed by atoms with Crippen LogP contribution in [0.1, 0.15) is 0 Å². The predicted molar refractivity (Wildman–Crippen MR) is 84.6 cm³/mol. The Balaban J connectivity index is 2.04. The number of thioether (sulfide) groups is 1. The van der Waals surface area contributed by atoms with E-state index in [-0.39, 0.29) is 5.56 Å². The highest BCUT2D eigenvalue weighted by molar-refractivity contribution is 7.99. The van der Waals surface area contributed by atoms with Crippen molar-refractivity contribution in [3.63, 3.8) is 0 Å². The summed E-state index contributed by atoms with van der Waals surface area (Å²) >= 11 is 1.56. The molecule has 0 aliphatic carbocycles. The third-order valence-corrected chi connectivity index (χ3v) is 3.98. The molecule has 0 bridgehead atoms. The molecule has 0 unspecified atom stereocenters. The smallest absolute Gasteiger partial charge is 0.281 e. The molecule has 0 spiro atoms. The highest BCUT2D eigenvalue weighted by atomic mass is 32.2. The summed E-state index contributed by atoms with van der Waals surface area (Å²) in [6, 6.07) is 9.51. The summed E-state index contributed by atoms with van der Waals surface area (Å²) in [4.78, 5) is 17.0. The maximum Gasteiger partial charge on any atom is 0.281 e. The number of fused-ring (bicyclic) bond motifs is 1. The molecule has 1 aromatic carbocycles. The molecule has 0 amide bonds. The number of hydrogen-bond donors (Lipinski definition) is 1. The highest BCUT2D eigenvalue weighted by Gasteiger charge is 2.21. The molecule has 0 saturated heterocycles. The number of anilines is 2. The van der Waals surface area contributed by atoms with Crippen LogP contribution in [0.2, 0.25) is 0 Å². The van der Waals surface area contributed by atoms with Gasteiger partial charge in [0.2, 0.25) is 5.88 Å². The number of aromatic nitrogens is 2. The molecule has 1 aliphatic heterocycles. The average molecular weight is 301 g/mol. The maximum atomic E-state index is 12.6. The first-order valence-electron chi connectivity index (χ1n) is 6.63. The SMILES string of the molecule is C=CCOc1nc2n(c(=O)c1Nc1ccccc1)CCS2. The van der Waals surface area contributed by atoms with Gasteiger partial charge in [0.25, 0.3) is 5.56 Å². The molecule has 0 radical (unpaired) electrons. The average Bonchev–Trinajstić information content (AvgIpc) is 2.98. The number of nitrogens with zero attached hydrogens (tertiary/aromatic N) is 2. The standard InChI is InChI=1S/C15H15N3O2S/c1-2-9-20-13-12(16-11-6-4-3-5-7-11)14(19)18-8-10-21-15(18)17-13/h2-7,16H,1,8-10H2. The Hall–Kier alpha value is -2.21. The minimum absolute atomic E-state index is 0.104. The van der Waals surface area contributed by atoms with Gasteiger partial charge in [0.05, 0.1) is 0 Å². The van der Waals surface area contributed by atoms with E-state index in [0.717, 1.165) is 11.4 Å². The topological polar surface area (TPSA) is 56.2 Å². The Kier molecular flexibility index (Phi) is 3.96. The Labute approximate surface area is 126 Å². The molecule has 0 fully saturated rings. The van der Waals surface area contributed by atoms with Gasteiger partial charge in [-0.05, 0) is 12.1 Å². The second kappa shape index (κ2) is 6.05. The van der Waals surface area contributed by atoms with Gasteiger partial charge in [-0.25, -0.2) is 0 Å². The van der Waals surface area contributed by atoms with Gasteiger partial charge in [-0.1, -0.05) is 42.6 Å². The Bertz CT molecular complexity index is 713. The third-order valence-electron chi connectivity index (χ3n) is 3.03. The van der Waals surface area contributed by atoms with Gasteiger partial charge in [-0.3, -0.25) is 9.36 Å². The first-order chi connectivity index (χ1) is 10.3. The second-order valence-corrected chi connectivity index (χ2v) is 5.53. The van der Waals surface area contributed by atoms with Crippen LogP contribution in [0.3, 0.4) is 0 Å². The predicted octanol–water partition coefficient (Wildman–Crippen LogP) is 2.66. The van der Waals surface area contributed by atoms with Crippen LogP contribution in [-0.2, 0) is 6.54 Å². The molecular weight excluding hydrogens is 286 g/mol. The fraction of sp³-hybridized carbons (Fsp3) is 0.200. The Morgan fingerprint density at radius 1 is 1.43 bits per heavy atom. The van der Waals surface area contributed by atoms with E-state index < -0.39 is 0 Å². The molecular formula is C15H15N3O2S. The molecule has 1 aliphatic rings. The molecule has 21 heavy (non-hydrogen) atoms. The van der Waals surface area contributed by atoms with Gasteiger partial charge in [-0.2, -0.15) is 4.98 Å². The summed E-state index contributed by atoms with van der Waals surface area (Å²) in [5.41, 5.74) is 1.09. The van der Waals surface area contributed by atoms with Crippen LogP contribution in [-0.4, -0.2) is 21.9 Å². The lowest BCUT2D eigenvalue weighted by atomic mass is 10.3. The Morgan fingerprint density at radius 3 is 3.00 bits per heavy atom. The summed E-state index contributed by atoms with van der Waals surface area (Å²) in [6.45, 7) is 4.61. The van der Waals surface area contributed by atoms with Crippen molar-refractivity contribution in [1.82, 2.24) is 9.55 Å². The van der Waals surface area contributed by atoms with E-state index in [9.17, 15) is 4.79 Å². The molecule has 3 rings (SSSR count). The number of para-hydroxylation sites is 1. The van der Waals surface area contributed by atoms with E-state index in [1.54, 1.807) is 22.4 Å². The summed E-state index contributed by atoms with van der Waals surface area (Å²) in [7, 11) is 0. The van der Waals surface area contributed by atoms with Crippen molar-refractivity contribution in [2.45, 2.75) is 11.7 Å². The van der Waals surface area contributed by atoms with Gasteiger partial charge in [-0.15, -0.1) is 0 Å². The van der Waals surface area contributed by atoms with Crippen LogP contribution >= 0.6 is 11.8 Å². The number of hydrogen-bond acceptors (Lipinski definition) is 5. The van der Waals surface area contributed by atoms with E-state index in [1.165, 1.54) is 0 Å². The molecule has 6 heteroatoms. The largest absolute Gasteiger partial charge is 0.472 e. The van der Waals surface area contributed by atoms with Crippen LogP contribution in [0, 0.1) is 0 Å². The number of nitrogens with one attached hydrogen (secondary N) is 1. The van der Waals surface area contributed by atoms with Gasteiger partial charge >= 0.3 is 0 Å². The quantitative estimate of drug-likeness (QED) is 0.679. The summed E-state index contributed by atoms with van der Waals surface area (Å²) in [5.74, 6) is 1.18. The molecule has 1 aromatic heterocycles. The number of rotatable bonds is 5. The van der Waals surface area contributed by atoms with E-state index in [0.29, 0.717) is 29.9 Å². The lowest BCUT2D eigenvalue weighted by Crippen LogP contribution is -2.24. The van der Waals surface area contributed by atoms with E-state index in [1.807, 2.05) is 30.3 Å². The highest BCUT2D eigenvalue weighted by Crippen LogP contribution is 2.29. The fourth-order valence-corrected chi connectivity index (χ4v) is 3.00. The molecule has 2 aromatic rings. The first-order valence-corrected chi connectivity index (χ1v) is 7.61. The van der Waals surface area contributed by atoms with Gasteiger partial charge in [0, 0.05) is 18.0 Å². The maximum absolute atomic E-state index is 12.6. The zero-order valence-electron chi connectivity index (χ0n) is 11.4.